The highest BCUT2D eigenvalue weighted by Gasteiger charge is 2.20. The molecule has 0 bridgehead atoms. The van der Waals surface area contributed by atoms with Gasteiger partial charge in [-0.3, -0.25) is 4.79 Å². The Morgan fingerprint density at radius 3 is 2.59 bits per heavy atom. The lowest BCUT2D eigenvalue weighted by atomic mass is 9.88. The van der Waals surface area contributed by atoms with Gasteiger partial charge < -0.3 is 9.84 Å². The lowest BCUT2D eigenvalue weighted by molar-refractivity contribution is -0.118. The number of nitrogens with zero attached hydrogens (tertiary/aromatic N) is 2. The van der Waals surface area contributed by atoms with Crippen LogP contribution in [0.3, 0.4) is 0 Å². The molecule has 0 aliphatic rings. The Balaban J connectivity index is 3.03. The van der Waals surface area contributed by atoms with Crippen molar-refractivity contribution in [3.8, 4) is 5.88 Å². The molecule has 0 saturated heterocycles. The van der Waals surface area contributed by atoms with E-state index in [0.29, 0.717) is 13.0 Å². The molecule has 1 rings (SSSR count). The molecule has 1 aromatic rings. The zero-order valence-corrected chi connectivity index (χ0v) is 13.8. The number of Topliss-reactive ketones (excluding diaryl/α,β-unsaturated/α-hetero) is 1. The number of rotatable bonds is 8. The Bertz CT molecular complexity index is 571. The minimum absolute atomic E-state index is 0.0228. The van der Waals surface area contributed by atoms with E-state index >= 15 is 0 Å². The number of hydrogen-bond acceptors (Lipinski definition) is 4. The van der Waals surface area contributed by atoms with Gasteiger partial charge in [-0.15, -0.1) is 0 Å². The smallest absolute Gasteiger partial charge is 0.342 e. The average molecular weight is 308 g/mol. The molecule has 122 valence electrons. The molecular weight excluding hydrogens is 284 g/mol. The van der Waals surface area contributed by atoms with Crippen molar-refractivity contribution in [1.29, 1.82) is 0 Å². The molecule has 0 unspecified atom stereocenters. The summed E-state index contributed by atoms with van der Waals surface area (Å²) in [5, 5.41) is 13.2. The third kappa shape index (κ3) is 5.35. The fourth-order valence-electron chi connectivity index (χ4n) is 1.97. The van der Waals surface area contributed by atoms with Crippen LogP contribution in [0.5, 0.6) is 5.88 Å². The maximum absolute atomic E-state index is 11.2. The molecule has 0 aromatic carbocycles. The first-order valence-corrected chi connectivity index (χ1v) is 7.25. The van der Waals surface area contributed by atoms with Gasteiger partial charge in [-0.05, 0) is 18.3 Å². The number of aromatic carboxylic acids is 1. The second-order valence-electron chi connectivity index (χ2n) is 6.50. The number of ether oxygens (including phenoxy) is 1. The first kappa shape index (κ1) is 17.9. The van der Waals surface area contributed by atoms with Crippen LogP contribution >= 0.6 is 0 Å². The van der Waals surface area contributed by atoms with E-state index in [0.717, 1.165) is 0 Å². The second-order valence-corrected chi connectivity index (χ2v) is 6.50. The first-order valence-electron chi connectivity index (χ1n) is 7.25. The van der Waals surface area contributed by atoms with E-state index in [2.05, 4.69) is 5.10 Å². The van der Waals surface area contributed by atoms with E-state index in [1.54, 1.807) is 13.1 Å². The topological polar surface area (TPSA) is 81.4 Å². The van der Waals surface area contributed by atoms with Gasteiger partial charge in [0, 0.05) is 12.6 Å². The summed E-state index contributed by atoms with van der Waals surface area (Å²) >= 11 is 0. The maximum Gasteiger partial charge on any atom is 0.342 e. The monoisotopic (exact) mass is 308 g/mol. The summed E-state index contributed by atoms with van der Waals surface area (Å²) in [5.74, 6) is -0.516. The van der Waals surface area contributed by atoms with Gasteiger partial charge in [-0.25, -0.2) is 9.48 Å². The van der Waals surface area contributed by atoms with Gasteiger partial charge >= 0.3 is 5.97 Å². The van der Waals surface area contributed by atoms with Gasteiger partial charge in [0.05, 0.1) is 12.8 Å². The molecule has 0 spiro atoms. The zero-order valence-electron chi connectivity index (χ0n) is 13.8. The molecule has 0 radical (unpaired) electrons. The molecule has 1 heterocycles. The minimum Gasteiger partial charge on any atom is -0.477 e. The lowest BCUT2D eigenvalue weighted by Gasteiger charge is -2.18. The average Bonchev–Trinajstić information content (AvgIpc) is 2.75. The number of carboxylic acid groups (broad SMARTS) is 1. The van der Waals surface area contributed by atoms with Gasteiger partial charge in [-0.1, -0.05) is 33.8 Å². The van der Waals surface area contributed by atoms with Crippen molar-refractivity contribution in [3.05, 3.63) is 17.8 Å². The van der Waals surface area contributed by atoms with Crippen LogP contribution in [0.15, 0.2) is 12.3 Å². The van der Waals surface area contributed by atoms with Crippen LogP contribution in [0.2, 0.25) is 0 Å². The molecule has 0 saturated carbocycles. The summed E-state index contributed by atoms with van der Waals surface area (Å²) in [4.78, 5) is 22.5. The van der Waals surface area contributed by atoms with E-state index in [1.165, 1.54) is 10.9 Å². The summed E-state index contributed by atoms with van der Waals surface area (Å²) in [6, 6.07) is 0. The van der Waals surface area contributed by atoms with Gasteiger partial charge in [0.15, 0.2) is 0 Å². The van der Waals surface area contributed by atoms with E-state index < -0.39 is 5.97 Å². The predicted molar refractivity (Wildman–Crippen MR) is 83.9 cm³/mol. The minimum atomic E-state index is -1.08. The van der Waals surface area contributed by atoms with Crippen LogP contribution in [0.25, 0.3) is 6.20 Å². The molecule has 0 aliphatic heterocycles. The highest BCUT2D eigenvalue weighted by atomic mass is 16.5. The highest BCUT2D eigenvalue weighted by molar-refractivity contribution is 5.90. The Labute approximate surface area is 130 Å². The standard InChI is InChI=1S/C16H24N2O4/c1-11(2)10-22-14-13(15(20)21)9-17-18(14)7-6-16(4,5)8-12(3)19/h6-7,9,11H,8,10H2,1-5H3,(H,20,21)/b7-6+. The molecule has 0 fully saturated rings. The summed E-state index contributed by atoms with van der Waals surface area (Å²) in [6.45, 7) is 9.77. The lowest BCUT2D eigenvalue weighted by Crippen LogP contribution is -2.13. The largest absolute Gasteiger partial charge is 0.477 e. The van der Waals surface area contributed by atoms with Crippen LogP contribution < -0.4 is 4.74 Å². The zero-order chi connectivity index (χ0) is 16.9. The molecule has 1 aromatic heterocycles. The molecule has 6 nitrogen and oxygen atoms in total. The SMILES string of the molecule is CC(=O)CC(C)(C)/C=C/n1ncc(C(=O)O)c1OCC(C)C. The number of hydrogen-bond donors (Lipinski definition) is 1. The van der Waals surface area contributed by atoms with Crippen molar-refractivity contribution >= 4 is 18.0 Å². The summed E-state index contributed by atoms with van der Waals surface area (Å²) in [7, 11) is 0. The van der Waals surface area contributed by atoms with Crippen molar-refractivity contribution in [2.45, 2.75) is 41.0 Å². The summed E-state index contributed by atoms with van der Waals surface area (Å²) in [5.41, 5.74) is -0.314. The number of carbonyl (C=O) groups is 2. The van der Waals surface area contributed by atoms with Crippen LogP contribution in [0, 0.1) is 11.3 Å². The van der Waals surface area contributed by atoms with E-state index in [1.807, 2.05) is 33.8 Å². The number of carboxylic acids is 1. The number of ketones is 1. The molecule has 0 amide bonds. The van der Waals surface area contributed by atoms with Crippen LogP contribution in [0.1, 0.15) is 51.4 Å². The Morgan fingerprint density at radius 2 is 2.09 bits per heavy atom. The van der Waals surface area contributed by atoms with Crippen molar-refractivity contribution in [3.63, 3.8) is 0 Å². The summed E-state index contributed by atoms with van der Waals surface area (Å²) < 4.78 is 6.98. The molecule has 0 atom stereocenters. The molecule has 22 heavy (non-hydrogen) atoms. The normalized spacial score (nSPS) is 12.1. The van der Waals surface area contributed by atoms with Crippen molar-refractivity contribution in [2.24, 2.45) is 11.3 Å². The van der Waals surface area contributed by atoms with Crippen LogP contribution in [-0.2, 0) is 4.79 Å². The van der Waals surface area contributed by atoms with Crippen LogP contribution in [-0.4, -0.2) is 33.2 Å². The summed E-state index contributed by atoms with van der Waals surface area (Å²) in [6.07, 6.45) is 5.14. The maximum atomic E-state index is 11.2. The molecular formula is C16H24N2O4. The Morgan fingerprint density at radius 1 is 1.45 bits per heavy atom. The van der Waals surface area contributed by atoms with E-state index in [-0.39, 0.29) is 28.6 Å². The van der Waals surface area contributed by atoms with Gasteiger partial charge in [0.1, 0.15) is 11.3 Å². The van der Waals surface area contributed by atoms with Crippen molar-refractivity contribution in [1.82, 2.24) is 9.78 Å². The molecule has 0 aliphatic carbocycles. The fourth-order valence-corrected chi connectivity index (χ4v) is 1.97. The Kier molecular flexibility index (Phi) is 5.91. The number of allylic oxidation sites excluding steroid dienone is 1. The van der Waals surface area contributed by atoms with Crippen molar-refractivity contribution in [2.75, 3.05) is 6.61 Å². The van der Waals surface area contributed by atoms with Gasteiger partial charge in [-0.2, -0.15) is 5.10 Å². The van der Waals surface area contributed by atoms with Crippen LogP contribution in [0.4, 0.5) is 0 Å². The third-order valence-electron chi connectivity index (χ3n) is 2.90. The highest BCUT2D eigenvalue weighted by Crippen LogP contribution is 2.25. The molecule has 1 N–H and O–H groups in total. The quantitative estimate of drug-likeness (QED) is 0.798. The number of carbonyl (C=O) groups excluding carboxylic acids is 1. The Hall–Kier alpha value is -2.11. The third-order valence-corrected chi connectivity index (χ3v) is 2.90. The fraction of sp³-hybridized carbons (Fsp3) is 0.562. The van der Waals surface area contributed by atoms with Crippen molar-refractivity contribution < 1.29 is 19.4 Å². The van der Waals surface area contributed by atoms with Gasteiger partial charge in [0.2, 0.25) is 5.88 Å². The second kappa shape index (κ2) is 7.24. The first-order chi connectivity index (χ1) is 10.1. The van der Waals surface area contributed by atoms with E-state index in [9.17, 15) is 14.7 Å². The van der Waals surface area contributed by atoms with E-state index in [4.69, 9.17) is 4.74 Å². The predicted octanol–water partition coefficient (Wildman–Crippen LogP) is 3.09. The molecule has 6 heteroatoms. The van der Waals surface area contributed by atoms with Gasteiger partial charge in [0.25, 0.3) is 0 Å². The number of aromatic nitrogens is 2.